The second-order valence-corrected chi connectivity index (χ2v) is 5.55. The van der Waals surface area contributed by atoms with Gasteiger partial charge in [0.25, 0.3) is 0 Å². The fourth-order valence-corrected chi connectivity index (χ4v) is 2.19. The molecule has 1 aliphatic heterocycles. The minimum absolute atomic E-state index is 0.130. The Kier molecular flexibility index (Phi) is 5.31. The maximum Gasteiger partial charge on any atom is 0.358 e. The van der Waals surface area contributed by atoms with Crippen LogP contribution in [-0.4, -0.2) is 35.3 Å². The van der Waals surface area contributed by atoms with Crippen molar-refractivity contribution in [3.05, 3.63) is 22.7 Å². The molecule has 0 bridgehead atoms. The zero-order valence-corrected chi connectivity index (χ0v) is 12.5. The van der Waals surface area contributed by atoms with Crippen molar-refractivity contribution in [1.29, 1.82) is 0 Å². The van der Waals surface area contributed by atoms with Gasteiger partial charge in [-0.15, -0.1) is 0 Å². The molecule has 6 heteroatoms. The second kappa shape index (κ2) is 6.99. The lowest BCUT2D eigenvalue weighted by Crippen LogP contribution is -2.15. The van der Waals surface area contributed by atoms with Crippen molar-refractivity contribution >= 4 is 17.6 Å². The molecule has 20 heavy (non-hydrogen) atoms. The molecule has 1 saturated heterocycles. The Balaban J connectivity index is 1.92. The molecular weight excluding hydrogens is 280 g/mol. The highest BCUT2D eigenvalue weighted by Crippen LogP contribution is 2.18. The largest absolute Gasteiger partial charge is 0.461 e. The van der Waals surface area contributed by atoms with Crippen LogP contribution in [0.2, 0.25) is 5.02 Å². The Morgan fingerprint density at radius 1 is 1.60 bits per heavy atom. The lowest BCUT2D eigenvalue weighted by molar-refractivity contribution is 0.0379. The summed E-state index contributed by atoms with van der Waals surface area (Å²) in [6.07, 6.45) is 4.47. The summed E-state index contributed by atoms with van der Waals surface area (Å²) >= 11 is 5.95. The fraction of sp³-hybridized carbons (Fsp3) is 0.643. The molecule has 1 fully saturated rings. The third-order valence-electron chi connectivity index (χ3n) is 3.17. The topological polar surface area (TPSA) is 61.3 Å². The van der Waals surface area contributed by atoms with Crippen LogP contribution in [0.15, 0.2) is 6.20 Å². The molecule has 2 heterocycles. The average molecular weight is 299 g/mol. The standard InChI is InChI=1S/C14H19ClN2O3/c1-9(2)13-16-8-11(15)12(17-13)14(18)20-7-5-10-4-3-6-19-10/h8-10H,3-7H2,1-2H3/t10-/m1/s1. The Labute approximate surface area is 123 Å². The van der Waals surface area contributed by atoms with E-state index in [-0.39, 0.29) is 22.7 Å². The maximum absolute atomic E-state index is 12.0. The van der Waals surface area contributed by atoms with Gasteiger partial charge in [0.05, 0.1) is 23.9 Å². The molecule has 2 rings (SSSR count). The zero-order chi connectivity index (χ0) is 14.5. The molecule has 0 aromatic carbocycles. The van der Waals surface area contributed by atoms with E-state index in [1.807, 2.05) is 13.8 Å². The molecule has 5 nitrogen and oxygen atoms in total. The number of esters is 1. The van der Waals surface area contributed by atoms with Gasteiger partial charge in [-0.2, -0.15) is 0 Å². The molecule has 1 aromatic rings. The first-order chi connectivity index (χ1) is 9.58. The Bertz CT molecular complexity index is 473. The van der Waals surface area contributed by atoms with Gasteiger partial charge >= 0.3 is 5.97 Å². The second-order valence-electron chi connectivity index (χ2n) is 5.14. The van der Waals surface area contributed by atoms with E-state index < -0.39 is 5.97 Å². The van der Waals surface area contributed by atoms with E-state index in [0.717, 1.165) is 19.4 Å². The van der Waals surface area contributed by atoms with Crippen molar-refractivity contribution < 1.29 is 14.3 Å². The number of carbonyl (C=O) groups is 1. The number of hydrogen-bond acceptors (Lipinski definition) is 5. The lowest BCUT2D eigenvalue weighted by Gasteiger charge is -2.11. The normalized spacial score (nSPS) is 18.5. The van der Waals surface area contributed by atoms with Crippen molar-refractivity contribution in [3.63, 3.8) is 0 Å². The minimum Gasteiger partial charge on any atom is -0.461 e. The van der Waals surface area contributed by atoms with Gasteiger partial charge in [-0.3, -0.25) is 0 Å². The van der Waals surface area contributed by atoms with Crippen LogP contribution >= 0.6 is 11.6 Å². The summed E-state index contributed by atoms with van der Waals surface area (Å²) in [4.78, 5) is 20.2. The molecule has 0 spiro atoms. The lowest BCUT2D eigenvalue weighted by atomic mass is 10.2. The number of aromatic nitrogens is 2. The van der Waals surface area contributed by atoms with Crippen molar-refractivity contribution in [2.45, 2.75) is 45.1 Å². The van der Waals surface area contributed by atoms with E-state index in [1.165, 1.54) is 6.20 Å². The molecule has 0 radical (unpaired) electrons. The van der Waals surface area contributed by atoms with E-state index in [9.17, 15) is 4.79 Å². The van der Waals surface area contributed by atoms with Crippen LogP contribution in [0.1, 0.15) is 55.3 Å². The number of ether oxygens (including phenoxy) is 2. The van der Waals surface area contributed by atoms with E-state index in [1.54, 1.807) is 0 Å². The van der Waals surface area contributed by atoms with Gasteiger partial charge in [0.15, 0.2) is 5.69 Å². The van der Waals surface area contributed by atoms with Crippen LogP contribution in [0.3, 0.4) is 0 Å². The van der Waals surface area contributed by atoms with Crippen molar-refractivity contribution in [2.75, 3.05) is 13.2 Å². The molecule has 0 N–H and O–H groups in total. The number of carbonyl (C=O) groups excluding carboxylic acids is 1. The molecule has 1 atom stereocenters. The Morgan fingerprint density at radius 2 is 2.40 bits per heavy atom. The molecule has 0 aliphatic carbocycles. The van der Waals surface area contributed by atoms with Crippen LogP contribution in [0.25, 0.3) is 0 Å². The van der Waals surface area contributed by atoms with Crippen molar-refractivity contribution in [3.8, 4) is 0 Å². The van der Waals surface area contributed by atoms with Crippen molar-refractivity contribution in [2.24, 2.45) is 0 Å². The highest BCUT2D eigenvalue weighted by Gasteiger charge is 2.19. The summed E-state index contributed by atoms with van der Waals surface area (Å²) in [5.41, 5.74) is 0.137. The first kappa shape index (κ1) is 15.2. The van der Waals surface area contributed by atoms with E-state index in [4.69, 9.17) is 21.1 Å². The van der Waals surface area contributed by atoms with Crippen LogP contribution < -0.4 is 0 Å². The number of rotatable bonds is 5. The number of hydrogen-bond donors (Lipinski definition) is 0. The molecule has 0 saturated carbocycles. The van der Waals surface area contributed by atoms with E-state index >= 15 is 0 Å². The third-order valence-corrected chi connectivity index (χ3v) is 3.45. The molecule has 0 unspecified atom stereocenters. The Morgan fingerprint density at radius 3 is 3.05 bits per heavy atom. The van der Waals surface area contributed by atoms with Crippen LogP contribution in [0.5, 0.6) is 0 Å². The van der Waals surface area contributed by atoms with Gasteiger partial charge in [-0.25, -0.2) is 14.8 Å². The summed E-state index contributed by atoms with van der Waals surface area (Å²) < 4.78 is 10.7. The van der Waals surface area contributed by atoms with Gasteiger partial charge in [0, 0.05) is 18.9 Å². The molecule has 1 aliphatic rings. The van der Waals surface area contributed by atoms with Gasteiger partial charge in [0.1, 0.15) is 5.82 Å². The van der Waals surface area contributed by atoms with Gasteiger partial charge < -0.3 is 9.47 Å². The number of halogens is 1. The van der Waals surface area contributed by atoms with Crippen LogP contribution in [-0.2, 0) is 9.47 Å². The SMILES string of the molecule is CC(C)c1ncc(Cl)c(C(=O)OCC[C@H]2CCCO2)n1. The zero-order valence-electron chi connectivity index (χ0n) is 11.8. The highest BCUT2D eigenvalue weighted by molar-refractivity contribution is 6.33. The summed E-state index contributed by atoms with van der Waals surface area (Å²) in [6.45, 7) is 5.03. The van der Waals surface area contributed by atoms with Crippen LogP contribution in [0, 0.1) is 0 Å². The predicted molar refractivity (Wildman–Crippen MR) is 75.0 cm³/mol. The van der Waals surface area contributed by atoms with Crippen LogP contribution in [0.4, 0.5) is 0 Å². The first-order valence-corrected chi connectivity index (χ1v) is 7.27. The maximum atomic E-state index is 12.0. The molecule has 0 amide bonds. The summed E-state index contributed by atoms with van der Waals surface area (Å²) in [5.74, 6) is 0.212. The summed E-state index contributed by atoms with van der Waals surface area (Å²) in [5, 5.41) is 0.219. The molecule has 110 valence electrons. The van der Waals surface area contributed by atoms with Gasteiger partial charge in [0.2, 0.25) is 0 Å². The fourth-order valence-electron chi connectivity index (χ4n) is 2.03. The van der Waals surface area contributed by atoms with Gasteiger partial charge in [-0.05, 0) is 12.8 Å². The summed E-state index contributed by atoms with van der Waals surface area (Å²) in [7, 11) is 0. The third kappa shape index (κ3) is 3.90. The van der Waals surface area contributed by atoms with Gasteiger partial charge in [-0.1, -0.05) is 25.4 Å². The Hall–Kier alpha value is -1.20. The number of nitrogens with zero attached hydrogens (tertiary/aromatic N) is 2. The molecular formula is C14H19ClN2O3. The first-order valence-electron chi connectivity index (χ1n) is 6.89. The summed E-state index contributed by atoms with van der Waals surface area (Å²) in [6, 6.07) is 0. The van der Waals surface area contributed by atoms with E-state index in [0.29, 0.717) is 18.9 Å². The van der Waals surface area contributed by atoms with E-state index in [2.05, 4.69) is 9.97 Å². The molecule has 1 aromatic heterocycles. The highest BCUT2D eigenvalue weighted by atomic mass is 35.5. The minimum atomic E-state index is -0.503. The average Bonchev–Trinajstić information content (AvgIpc) is 2.92. The quantitative estimate of drug-likeness (QED) is 0.782. The van der Waals surface area contributed by atoms with Crippen molar-refractivity contribution in [1.82, 2.24) is 9.97 Å². The predicted octanol–water partition coefficient (Wildman–Crippen LogP) is 2.98. The smallest absolute Gasteiger partial charge is 0.358 e. The monoisotopic (exact) mass is 298 g/mol.